The number of hydrogen-bond acceptors (Lipinski definition) is 6. The van der Waals surface area contributed by atoms with E-state index in [4.69, 9.17) is 14.7 Å². The molecule has 256 valence electrons. The van der Waals surface area contributed by atoms with E-state index in [9.17, 15) is 0 Å². The lowest BCUT2D eigenvalue weighted by atomic mass is 10.0. The first-order valence-corrected chi connectivity index (χ1v) is 18.3. The molecule has 8 aromatic rings. The summed E-state index contributed by atoms with van der Waals surface area (Å²) in [6.45, 7) is 2.08. The van der Waals surface area contributed by atoms with Crippen LogP contribution in [0.4, 0.5) is 0 Å². The molecule has 0 radical (unpaired) electrons. The Morgan fingerprint density at radius 2 is 1.37 bits per heavy atom. The summed E-state index contributed by atoms with van der Waals surface area (Å²) in [5, 5.41) is 8.26. The number of nitrogens with one attached hydrogen (secondary N) is 4. The minimum atomic E-state index is -0.363. The number of nitrogens with zero attached hydrogens (tertiary/aromatic N) is 5. The highest BCUT2D eigenvalue weighted by molar-refractivity contribution is 5.92. The molecule has 3 unspecified atom stereocenters. The maximum Gasteiger partial charge on any atom is 0.203 e. The first-order chi connectivity index (χ1) is 25.7. The number of rotatable bonds is 6. The zero-order valence-electron chi connectivity index (χ0n) is 28.5. The molecule has 0 spiro atoms. The second-order valence-electron chi connectivity index (χ2n) is 14.3. The van der Waals surface area contributed by atoms with Gasteiger partial charge in [-0.05, 0) is 86.3 Å². The molecular formula is C42H37N9O. The molecule has 10 nitrogen and oxygen atoms in total. The average molecular weight is 684 g/mol. The number of aromatic nitrogens is 7. The van der Waals surface area contributed by atoms with Crippen molar-refractivity contribution in [2.45, 2.75) is 44.0 Å². The van der Waals surface area contributed by atoms with E-state index < -0.39 is 0 Å². The van der Waals surface area contributed by atoms with E-state index in [1.807, 2.05) is 24.9 Å². The largest absolute Gasteiger partial charge is 0.465 e. The topological polar surface area (TPSA) is 113 Å². The summed E-state index contributed by atoms with van der Waals surface area (Å²) < 4.78 is 11.4. The van der Waals surface area contributed by atoms with Gasteiger partial charge in [0.05, 0.1) is 65.1 Å². The summed E-state index contributed by atoms with van der Waals surface area (Å²) >= 11 is 0. The van der Waals surface area contributed by atoms with Gasteiger partial charge in [-0.1, -0.05) is 42.5 Å². The summed E-state index contributed by atoms with van der Waals surface area (Å²) in [4.78, 5) is 20.9. The number of hydrogen-bond donors (Lipinski definition) is 4. The van der Waals surface area contributed by atoms with Crippen LogP contribution in [-0.2, 0) is 0 Å². The van der Waals surface area contributed by atoms with Gasteiger partial charge in [0.2, 0.25) is 6.23 Å². The van der Waals surface area contributed by atoms with E-state index in [-0.39, 0.29) is 12.3 Å². The lowest BCUT2D eigenvalue weighted by molar-refractivity contribution is 0.173. The molecule has 3 aromatic carbocycles. The lowest BCUT2D eigenvalue weighted by Crippen LogP contribution is -2.22. The Morgan fingerprint density at radius 1 is 0.673 bits per heavy atom. The summed E-state index contributed by atoms with van der Waals surface area (Å²) in [5.74, 6) is 2.86. The monoisotopic (exact) mass is 683 g/mol. The highest BCUT2D eigenvalue weighted by Gasteiger charge is 2.30. The first kappa shape index (κ1) is 29.7. The van der Waals surface area contributed by atoms with Crippen LogP contribution >= 0.6 is 0 Å². The molecule has 5 aromatic heterocycles. The van der Waals surface area contributed by atoms with Crippen LogP contribution in [0.15, 0.2) is 110 Å². The van der Waals surface area contributed by atoms with Crippen molar-refractivity contribution in [2.24, 2.45) is 0 Å². The van der Waals surface area contributed by atoms with Gasteiger partial charge in [0.1, 0.15) is 17.4 Å². The fourth-order valence-corrected chi connectivity index (χ4v) is 8.34. The van der Waals surface area contributed by atoms with Gasteiger partial charge in [-0.2, -0.15) is 0 Å². The third kappa shape index (κ3) is 4.90. The van der Waals surface area contributed by atoms with Crippen molar-refractivity contribution in [1.82, 2.24) is 44.5 Å². The van der Waals surface area contributed by atoms with Crippen molar-refractivity contribution < 1.29 is 4.74 Å². The van der Waals surface area contributed by atoms with Crippen LogP contribution in [0.2, 0.25) is 0 Å². The molecule has 52 heavy (non-hydrogen) atoms. The molecule has 10 heteroatoms. The van der Waals surface area contributed by atoms with Crippen LogP contribution in [0, 0.1) is 0 Å². The van der Waals surface area contributed by atoms with Gasteiger partial charge in [-0.25, -0.2) is 15.0 Å². The Bertz CT molecular complexity index is 2600. The number of aromatic amines is 2. The Kier molecular flexibility index (Phi) is 6.74. The van der Waals surface area contributed by atoms with E-state index in [0.29, 0.717) is 6.04 Å². The van der Waals surface area contributed by atoms with Gasteiger partial charge >= 0.3 is 0 Å². The molecule has 3 aliphatic heterocycles. The normalized spacial score (nSPS) is 19.7. The third-order valence-electron chi connectivity index (χ3n) is 11.1. The number of fused-ring (bicyclic) bond motifs is 6. The van der Waals surface area contributed by atoms with Crippen LogP contribution in [0.5, 0.6) is 5.75 Å². The Hall–Kier alpha value is -5.97. The van der Waals surface area contributed by atoms with E-state index in [1.54, 1.807) is 0 Å². The van der Waals surface area contributed by atoms with Gasteiger partial charge in [-0.15, -0.1) is 0 Å². The number of ether oxygens (including phenoxy) is 1. The number of pyridine rings is 1. The minimum Gasteiger partial charge on any atom is -0.465 e. The first-order valence-electron chi connectivity index (χ1n) is 18.3. The molecule has 2 fully saturated rings. The molecule has 0 bridgehead atoms. The molecule has 0 amide bonds. The molecular weight excluding hydrogens is 647 g/mol. The molecule has 8 heterocycles. The molecule has 4 N–H and O–H groups in total. The van der Waals surface area contributed by atoms with Crippen molar-refractivity contribution in [2.75, 3.05) is 13.1 Å². The van der Waals surface area contributed by atoms with Crippen LogP contribution in [0.3, 0.4) is 0 Å². The van der Waals surface area contributed by atoms with Gasteiger partial charge in [0, 0.05) is 33.8 Å². The van der Waals surface area contributed by atoms with Crippen molar-refractivity contribution in [3.8, 4) is 50.6 Å². The van der Waals surface area contributed by atoms with Gasteiger partial charge < -0.3 is 34.3 Å². The molecule has 0 saturated carbocycles. The van der Waals surface area contributed by atoms with Gasteiger partial charge in [-0.3, -0.25) is 0 Å². The number of H-pyrrole nitrogens is 2. The second kappa shape index (κ2) is 11.8. The Morgan fingerprint density at radius 3 is 2.10 bits per heavy atom. The van der Waals surface area contributed by atoms with Crippen molar-refractivity contribution >= 4 is 16.4 Å². The zero-order chi connectivity index (χ0) is 34.2. The SMILES string of the molecule is c1cc(C2Oc3cc(-c4cnc(C5CCCN5)[nH]4)ccc3-c3cc4cc(-c5cnc(C6CCCN6)[nH]5)ccc4n32)ccc1-c1ccc2cncn2c1. The van der Waals surface area contributed by atoms with Crippen LogP contribution < -0.4 is 15.4 Å². The van der Waals surface area contributed by atoms with Crippen molar-refractivity contribution in [3.63, 3.8) is 0 Å². The van der Waals surface area contributed by atoms with Gasteiger partial charge in [0.15, 0.2) is 0 Å². The van der Waals surface area contributed by atoms with Gasteiger partial charge in [0.25, 0.3) is 0 Å². The summed E-state index contributed by atoms with van der Waals surface area (Å²) in [6, 6.07) is 29.1. The molecule has 2 saturated heterocycles. The molecule has 0 aliphatic carbocycles. The minimum absolute atomic E-state index is 0.283. The Balaban J connectivity index is 0.998. The lowest BCUT2D eigenvalue weighted by Gasteiger charge is -2.30. The van der Waals surface area contributed by atoms with E-state index >= 15 is 0 Å². The standard InChI is InChI=1S/C42H37N9O/c1-3-33(44-15-1)40-46-21-35(48-40)27-11-14-37-30(17-27)18-38-32-13-10-28(36-22-47-41(49-36)34-4-2-16-45-34)19-39(32)52-42(51(37)38)26-7-5-25(6-8-26)29-9-12-31-20-43-24-50(31)23-29/h5-14,17-24,33-34,42,44-45H,1-4,15-16H2,(H,46,48)(H,47,49). The van der Waals surface area contributed by atoms with Crippen molar-refractivity contribution in [3.05, 3.63) is 127 Å². The summed E-state index contributed by atoms with van der Waals surface area (Å²) in [5.41, 5.74) is 11.9. The quantitative estimate of drug-likeness (QED) is 0.141. The maximum atomic E-state index is 7.03. The molecule has 11 rings (SSSR count). The predicted octanol–water partition coefficient (Wildman–Crippen LogP) is 8.19. The fraction of sp³-hybridized carbons (Fsp3) is 0.214. The highest BCUT2D eigenvalue weighted by Crippen LogP contribution is 2.46. The fourth-order valence-electron chi connectivity index (χ4n) is 8.34. The molecule has 3 atom stereocenters. The summed E-state index contributed by atoms with van der Waals surface area (Å²) in [6.07, 6.45) is 13.9. The van der Waals surface area contributed by atoms with E-state index in [1.165, 1.54) is 12.8 Å². The smallest absolute Gasteiger partial charge is 0.203 e. The van der Waals surface area contributed by atoms with Crippen LogP contribution in [-0.4, -0.2) is 47.0 Å². The second-order valence-corrected chi connectivity index (χ2v) is 14.3. The maximum absolute atomic E-state index is 7.03. The van der Waals surface area contributed by atoms with Crippen LogP contribution in [0.25, 0.3) is 61.3 Å². The predicted molar refractivity (Wildman–Crippen MR) is 202 cm³/mol. The number of benzene rings is 3. The molecule has 3 aliphatic rings. The average Bonchev–Trinajstić information content (AvgIpc) is 4.03. The van der Waals surface area contributed by atoms with E-state index in [0.717, 1.165) is 110 Å². The van der Waals surface area contributed by atoms with Crippen molar-refractivity contribution in [1.29, 1.82) is 0 Å². The number of imidazole rings is 3. The zero-order valence-corrected chi connectivity index (χ0v) is 28.5. The highest BCUT2D eigenvalue weighted by atomic mass is 16.5. The Labute approximate surface area is 299 Å². The van der Waals surface area contributed by atoms with Crippen LogP contribution in [0.1, 0.15) is 61.2 Å². The summed E-state index contributed by atoms with van der Waals surface area (Å²) in [7, 11) is 0. The third-order valence-corrected chi connectivity index (χ3v) is 11.1. The van der Waals surface area contributed by atoms with E-state index in [2.05, 4.69) is 120 Å².